The molecular weight excluding hydrogens is 628 g/mol. The van der Waals surface area contributed by atoms with E-state index in [1.165, 1.54) is 0 Å². The van der Waals surface area contributed by atoms with Gasteiger partial charge in [0.05, 0.1) is 23.0 Å². The van der Waals surface area contributed by atoms with Gasteiger partial charge in [-0.3, -0.25) is 9.59 Å². The average Bonchev–Trinajstić information content (AvgIpc) is 3.02. The number of carboxylic acid groups (broad SMARTS) is 1. The first-order valence-corrected chi connectivity index (χ1v) is 18.0. The Hall–Kier alpha value is -3.08. The Morgan fingerprint density at radius 3 is 2.65 bits per heavy atom. The number of benzene rings is 2. The molecule has 1 aliphatic carbocycles. The first-order chi connectivity index (χ1) is 21.8. The quantitative estimate of drug-likeness (QED) is 0.360. The van der Waals surface area contributed by atoms with E-state index in [1.807, 2.05) is 37.3 Å². The maximum absolute atomic E-state index is 13.5. The number of hydrogen-bond acceptors (Lipinski definition) is 7. The second-order valence-corrected chi connectivity index (χ2v) is 16.0. The van der Waals surface area contributed by atoms with Gasteiger partial charge in [0, 0.05) is 30.8 Å². The number of carboxylic acids is 1. The van der Waals surface area contributed by atoms with Crippen molar-refractivity contribution in [1.29, 1.82) is 0 Å². The van der Waals surface area contributed by atoms with Gasteiger partial charge < -0.3 is 19.5 Å². The van der Waals surface area contributed by atoms with Crippen molar-refractivity contribution in [3.05, 3.63) is 70.3 Å². The van der Waals surface area contributed by atoms with E-state index >= 15 is 0 Å². The fraction of sp³-hybridized carbons (Fsp3) is 0.543. The number of halogens is 1. The number of fused-ring (bicyclic) bond motifs is 3. The number of aliphatic carboxylic acids is 1. The Morgan fingerprint density at radius 2 is 1.96 bits per heavy atom. The lowest BCUT2D eigenvalue weighted by atomic mass is 9.54. The van der Waals surface area contributed by atoms with Crippen LogP contribution in [0.1, 0.15) is 80.8 Å². The molecule has 9 nitrogen and oxygen atoms in total. The van der Waals surface area contributed by atoms with Gasteiger partial charge in [-0.05, 0) is 104 Å². The zero-order chi connectivity index (χ0) is 33.3. The molecule has 1 unspecified atom stereocenters. The summed E-state index contributed by atoms with van der Waals surface area (Å²) < 4.78 is 41.5. The Balaban J connectivity index is 1.62. The highest BCUT2D eigenvalue weighted by atomic mass is 35.5. The zero-order valence-corrected chi connectivity index (χ0v) is 28.6. The molecular formula is C35H45ClN2O7S. The van der Waals surface area contributed by atoms with E-state index in [1.54, 1.807) is 32.2 Å². The monoisotopic (exact) mass is 672 g/mol. The normalized spacial score (nSPS) is 30.7. The highest BCUT2D eigenvalue weighted by Crippen LogP contribution is 2.55. The molecule has 11 heteroatoms. The van der Waals surface area contributed by atoms with Gasteiger partial charge in [0.15, 0.2) is 0 Å². The van der Waals surface area contributed by atoms with Crippen LogP contribution in [0.2, 0.25) is 5.02 Å². The van der Waals surface area contributed by atoms with E-state index in [-0.39, 0.29) is 29.2 Å². The molecule has 1 saturated carbocycles. The van der Waals surface area contributed by atoms with Crippen molar-refractivity contribution in [2.75, 3.05) is 25.1 Å². The number of rotatable bonds is 3. The van der Waals surface area contributed by atoms with Gasteiger partial charge in [0.25, 0.3) is 5.91 Å². The van der Waals surface area contributed by atoms with Crippen LogP contribution in [0.3, 0.4) is 0 Å². The van der Waals surface area contributed by atoms with E-state index in [4.69, 9.17) is 21.1 Å². The highest BCUT2D eigenvalue weighted by Gasteiger charge is 2.55. The van der Waals surface area contributed by atoms with Crippen molar-refractivity contribution >= 4 is 39.2 Å². The third kappa shape index (κ3) is 7.09. The Kier molecular flexibility index (Phi) is 10.1. The minimum Gasteiger partial charge on any atom is -0.487 e. The van der Waals surface area contributed by atoms with Crippen LogP contribution in [0.4, 0.5) is 5.69 Å². The van der Waals surface area contributed by atoms with Crippen LogP contribution in [0.5, 0.6) is 5.75 Å². The van der Waals surface area contributed by atoms with Gasteiger partial charge in [0.2, 0.25) is 10.0 Å². The van der Waals surface area contributed by atoms with Crippen molar-refractivity contribution in [2.24, 2.45) is 17.3 Å². The van der Waals surface area contributed by atoms with Crippen molar-refractivity contribution in [3.63, 3.8) is 0 Å². The van der Waals surface area contributed by atoms with E-state index in [2.05, 4.69) is 16.5 Å². The number of amides is 1. The molecule has 1 fully saturated rings. The van der Waals surface area contributed by atoms with E-state index in [9.17, 15) is 23.1 Å². The molecule has 46 heavy (non-hydrogen) atoms. The van der Waals surface area contributed by atoms with Gasteiger partial charge in [-0.25, -0.2) is 13.1 Å². The second kappa shape index (κ2) is 13.6. The van der Waals surface area contributed by atoms with E-state index in [0.717, 1.165) is 43.2 Å². The molecule has 0 saturated heterocycles. The number of ether oxygens (including phenoxy) is 2. The summed E-state index contributed by atoms with van der Waals surface area (Å²) in [6.07, 6.45) is 8.10. The number of allylic oxidation sites excluding steroid dienone is 1. The Bertz CT molecular complexity index is 1610. The smallest absolute Gasteiger partial charge is 0.306 e. The molecule has 2 bridgehead atoms. The van der Waals surface area contributed by atoms with Crippen LogP contribution in [0.15, 0.2) is 48.6 Å². The molecule has 2 aromatic carbocycles. The fourth-order valence-corrected chi connectivity index (χ4v) is 8.85. The number of nitrogens with zero attached hydrogens (tertiary/aromatic N) is 1. The molecule has 2 N–H and O–H groups in total. The van der Waals surface area contributed by atoms with Gasteiger partial charge in [-0.1, -0.05) is 43.7 Å². The number of hydrogen-bond donors (Lipinski definition) is 2. The number of carbonyl (C=O) groups excluding carboxylic acids is 1. The summed E-state index contributed by atoms with van der Waals surface area (Å²) in [5.74, 6) is -1.53. The van der Waals surface area contributed by atoms with Crippen LogP contribution in [-0.2, 0) is 32.6 Å². The summed E-state index contributed by atoms with van der Waals surface area (Å²) >= 11 is 6.33. The molecule has 0 spiro atoms. The molecule has 1 amide bonds. The van der Waals surface area contributed by atoms with Gasteiger partial charge in [0.1, 0.15) is 12.4 Å². The summed E-state index contributed by atoms with van der Waals surface area (Å²) in [6.45, 7) is 7.10. The fourth-order valence-electron chi connectivity index (χ4n) is 7.37. The third-order valence-corrected chi connectivity index (χ3v) is 12.6. The number of carbonyl (C=O) groups is 2. The SMILES string of the molecule is CO[C@@]1(CC(=O)O)/C=C/C[C@H](C)[C@@H](C)S(=O)(=O)NC(=O)c2ccc3c(c2)N(CCCCc2cc(Cl)ccc2CO3)CC2(C)CC[C@H]21. The Labute approximate surface area is 277 Å². The number of anilines is 1. The highest BCUT2D eigenvalue weighted by molar-refractivity contribution is 7.90. The number of nitrogens with one attached hydrogen (secondary N) is 1. The van der Waals surface area contributed by atoms with Crippen LogP contribution in [-0.4, -0.2) is 56.5 Å². The van der Waals surface area contributed by atoms with Gasteiger partial charge >= 0.3 is 5.97 Å². The molecule has 2 aliphatic heterocycles. The molecule has 5 rings (SSSR count). The van der Waals surface area contributed by atoms with Crippen LogP contribution in [0, 0.1) is 17.3 Å². The molecule has 5 atom stereocenters. The number of methoxy groups -OCH3 is 1. The zero-order valence-electron chi connectivity index (χ0n) is 27.1. The standard InChI is InChI=1S/C35H45ClN2O7S/c1-23-8-7-15-35(44-4,20-32(39)40)31-14-16-34(31,3)22-38-17-6-5-9-25-18-28(36)12-10-27(25)21-45-30-13-11-26(19-29(30)38)33(41)37-46(42,43)24(23)2/h7,10-13,15,18-19,23-24,31H,5-6,8-9,14,16-17,20-22H2,1-4H3,(H,37,41)(H,39,40)/b15-7+/t23-,24+,31+,34?,35+/m0/s1. The minimum atomic E-state index is -4.02. The van der Waals surface area contributed by atoms with E-state index in [0.29, 0.717) is 42.6 Å². The van der Waals surface area contributed by atoms with Crippen molar-refractivity contribution < 1.29 is 32.6 Å². The second-order valence-electron chi connectivity index (χ2n) is 13.5. The third-order valence-electron chi connectivity index (χ3n) is 10.5. The largest absolute Gasteiger partial charge is 0.487 e. The van der Waals surface area contributed by atoms with Crippen LogP contribution >= 0.6 is 11.6 Å². The lowest BCUT2D eigenvalue weighted by Gasteiger charge is -2.56. The van der Waals surface area contributed by atoms with Crippen LogP contribution in [0.25, 0.3) is 0 Å². The summed E-state index contributed by atoms with van der Waals surface area (Å²) in [5.41, 5.74) is 1.70. The lowest BCUT2D eigenvalue weighted by Crippen LogP contribution is -2.58. The average molecular weight is 673 g/mol. The van der Waals surface area contributed by atoms with Crippen molar-refractivity contribution in [3.8, 4) is 5.75 Å². The topological polar surface area (TPSA) is 122 Å². The first-order valence-electron chi connectivity index (χ1n) is 16.1. The predicted molar refractivity (Wildman–Crippen MR) is 179 cm³/mol. The lowest BCUT2D eigenvalue weighted by molar-refractivity contribution is -0.155. The van der Waals surface area contributed by atoms with Crippen molar-refractivity contribution in [1.82, 2.24) is 4.72 Å². The van der Waals surface area contributed by atoms with Crippen molar-refractivity contribution in [2.45, 2.75) is 83.2 Å². The molecule has 0 aromatic heterocycles. The maximum atomic E-state index is 13.5. The number of sulfonamides is 1. The minimum absolute atomic E-state index is 0.109. The molecule has 2 heterocycles. The molecule has 2 aromatic rings. The molecule has 3 aliphatic rings. The van der Waals surface area contributed by atoms with Gasteiger partial charge in [-0.2, -0.15) is 0 Å². The summed E-state index contributed by atoms with van der Waals surface area (Å²) in [6, 6.07) is 10.9. The number of aryl methyl sites for hydroxylation is 1. The summed E-state index contributed by atoms with van der Waals surface area (Å²) in [7, 11) is -2.46. The maximum Gasteiger partial charge on any atom is 0.306 e. The molecule has 0 radical (unpaired) electrons. The molecule has 250 valence electrons. The van der Waals surface area contributed by atoms with Gasteiger partial charge in [-0.15, -0.1) is 0 Å². The summed E-state index contributed by atoms with van der Waals surface area (Å²) in [4.78, 5) is 27.9. The predicted octanol–water partition coefficient (Wildman–Crippen LogP) is 6.38. The van der Waals surface area contributed by atoms with Crippen LogP contribution < -0.4 is 14.4 Å². The Morgan fingerprint density at radius 1 is 1.17 bits per heavy atom. The summed E-state index contributed by atoms with van der Waals surface area (Å²) in [5, 5.41) is 9.81. The van der Waals surface area contributed by atoms with E-state index < -0.39 is 32.8 Å². The first kappa shape index (κ1) is 34.3.